The Morgan fingerprint density at radius 1 is 1.30 bits per heavy atom. The maximum Gasteiger partial charge on any atom is 0.270 e. The van der Waals surface area contributed by atoms with E-state index in [1.807, 2.05) is 12.1 Å². The van der Waals surface area contributed by atoms with Gasteiger partial charge in [0.05, 0.1) is 0 Å². The molecular formula is C18H26N4O. The van der Waals surface area contributed by atoms with Crippen LogP contribution < -0.4 is 16.4 Å². The van der Waals surface area contributed by atoms with Crippen molar-refractivity contribution in [1.82, 2.24) is 5.32 Å². The van der Waals surface area contributed by atoms with Gasteiger partial charge in [-0.05, 0) is 37.5 Å². The van der Waals surface area contributed by atoms with E-state index in [4.69, 9.17) is 5.73 Å². The van der Waals surface area contributed by atoms with E-state index in [0.717, 1.165) is 12.1 Å². The van der Waals surface area contributed by atoms with Crippen molar-refractivity contribution in [3.8, 4) is 0 Å². The first-order chi connectivity index (χ1) is 11.1. The van der Waals surface area contributed by atoms with Crippen molar-refractivity contribution >= 4 is 17.3 Å². The molecule has 4 N–H and O–H groups in total. The van der Waals surface area contributed by atoms with Gasteiger partial charge < -0.3 is 16.4 Å². The number of benzene rings is 1. The van der Waals surface area contributed by atoms with Gasteiger partial charge in [-0.1, -0.05) is 38.5 Å². The number of nitrogens with one attached hydrogen (secondary N) is 2. The van der Waals surface area contributed by atoms with Gasteiger partial charge in [0.15, 0.2) is 0 Å². The predicted octanol–water partition coefficient (Wildman–Crippen LogP) is 3.31. The van der Waals surface area contributed by atoms with Crippen molar-refractivity contribution in [2.24, 2.45) is 10.7 Å². The van der Waals surface area contributed by atoms with Crippen molar-refractivity contribution in [2.45, 2.75) is 39.5 Å². The molecule has 0 spiro atoms. The molecule has 0 aliphatic rings. The third-order valence-corrected chi connectivity index (χ3v) is 3.27. The summed E-state index contributed by atoms with van der Waals surface area (Å²) in [5, 5.41) is 5.70. The Labute approximate surface area is 138 Å². The van der Waals surface area contributed by atoms with Crippen molar-refractivity contribution in [3.05, 3.63) is 54.6 Å². The van der Waals surface area contributed by atoms with Crippen LogP contribution in [0.1, 0.15) is 38.7 Å². The summed E-state index contributed by atoms with van der Waals surface area (Å²) in [6, 6.07) is 8.14. The minimum atomic E-state index is -0.322. The first-order valence-electron chi connectivity index (χ1n) is 7.84. The molecule has 1 aromatic carbocycles. The summed E-state index contributed by atoms with van der Waals surface area (Å²) < 4.78 is 0. The monoisotopic (exact) mass is 314 g/mol. The van der Waals surface area contributed by atoms with E-state index in [1.54, 1.807) is 6.92 Å². The maximum absolute atomic E-state index is 11.8. The van der Waals surface area contributed by atoms with E-state index in [-0.39, 0.29) is 5.91 Å². The standard InChI is InChI=1S/C18H26N4O/c1-4-5-6-7-16-8-10-17(11-9-16)21-15(3)22-18(23)14(2)20-13-12-19/h8-13,21H,3-7,19H2,1-2H3,(H,22,23)/b13-12-,20-14?. The van der Waals surface area contributed by atoms with Crippen LogP contribution in [0.3, 0.4) is 0 Å². The number of rotatable bonds is 9. The number of hydrogen-bond acceptors (Lipinski definition) is 4. The minimum Gasteiger partial charge on any atom is -0.403 e. The summed E-state index contributed by atoms with van der Waals surface area (Å²) in [5.74, 6) is 0.0804. The summed E-state index contributed by atoms with van der Waals surface area (Å²) in [4.78, 5) is 15.7. The zero-order valence-electron chi connectivity index (χ0n) is 13.9. The molecule has 0 atom stereocenters. The van der Waals surface area contributed by atoms with Gasteiger partial charge in [-0.15, -0.1) is 0 Å². The number of amides is 1. The van der Waals surface area contributed by atoms with Gasteiger partial charge in [0, 0.05) is 18.1 Å². The molecule has 1 aromatic rings. The molecule has 0 radical (unpaired) electrons. The molecule has 0 bridgehead atoms. The first-order valence-corrected chi connectivity index (χ1v) is 7.84. The topological polar surface area (TPSA) is 79.5 Å². The van der Waals surface area contributed by atoms with Crippen LogP contribution in [0.5, 0.6) is 0 Å². The van der Waals surface area contributed by atoms with Crippen molar-refractivity contribution in [2.75, 3.05) is 5.32 Å². The lowest BCUT2D eigenvalue weighted by Gasteiger charge is -2.11. The molecule has 0 aromatic heterocycles. The summed E-state index contributed by atoms with van der Waals surface area (Å²) >= 11 is 0. The Kier molecular flexibility index (Phi) is 8.21. The lowest BCUT2D eigenvalue weighted by atomic mass is 10.1. The van der Waals surface area contributed by atoms with Crippen LogP contribution in [-0.4, -0.2) is 11.6 Å². The number of carbonyl (C=O) groups excluding carboxylic acids is 1. The summed E-state index contributed by atoms with van der Waals surface area (Å²) in [5.41, 5.74) is 7.68. The zero-order chi connectivity index (χ0) is 17.1. The van der Waals surface area contributed by atoms with Crippen LogP contribution in [0, 0.1) is 0 Å². The molecule has 0 fully saturated rings. The van der Waals surface area contributed by atoms with Crippen LogP contribution in [0.15, 0.2) is 54.1 Å². The minimum absolute atomic E-state index is 0.306. The number of hydrogen-bond donors (Lipinski definition) is 3. The van der Waals surface area contributed by atoms with E-state index in [2.05, 4.69) is 41.3 Å². The Bertz CT molecular complexity index is 573. The smallest absolute Gasteiger partial charge is 0.270 e. The quantitative estimate of drug-likeness (QED) is 0.483. The summed E-state index contributed by atoms with van der Waals surface area (Å²) in [6.07, 6.45) is 7.42. The summed E-state index contributed by atoms with van der Waals surface area (Å²) in [6.45, 7) is 7.60. The first kappa shape index (κ1) is 18.5. The van der Waals surface area contributed by atoms with E-state index in [9.17, 15) is 4.79 Å². The highest BCUT2D eigenvalue weighted by molar-refractivity contribution is 6.38. The molecule has 0 heterocycles. The number of anilines is 1. The fourth-order valence-electron chi connectivity index (χ4n) is 1.98. The van der Waals surface area contributed by atoms with Gasteiger partial charge >= 0.3 is 0 Å². The highest BCUT2D eigenvalue weighted by Crippen LogP contribution is 2.13. The van der Waals surface area contributed by atoms with Crippen LogP contribution in [0.4, 0.5) is 5.69 Å². The molecule has 23 heavy (non-hydrogen) atoms. The Morgan fingerprint density at radius 3 is 2.61 bits per heavy atom. The molecule has 5 nitrogen and oxygen atoms in total. The fraction of sp³-hybridized carbons (Fsp3) is 0.333. The van der Waals surface area contributed by atoms with Gasteiger partial charge in [0.1, 0.15) is 11.5 Å². The lowest BCUT2D eigenvalue weighted by molar-refractivity contribution is -0.114. The number of aliphatic imine (C=N–C) groups is 1. The Morgan fingerprint density at radius 2 is 2.00 bits per heavy atom. The highest BCUT2D eigenvalue weighted by Gasteiger charge is 2.06. The molecule has 0 unspecified atom stereocenters. The maximum atomic E-state index is 11.8. The predicted molar refractivity (Wildman–Crippen MR) is 97.0 cm³/mol. The molecule has 1 amide bonds. The van der Waals surface area contributed by atoms with Gasteiger partial charge in [-0.25, -0.2) is 0 Å². The molecule has 0 saturated heterocycles. The number of unbranched alkanes of at least 4 members (excludes halogenated alkanes) is 2. The average molecular weight is 314 g/mol. The zero-order valence-corrected chi connectivity index (χ0v) is 13.9. The number of aryl methyl sites for hydroxylation is 1. The van der Waals surface area contributed by atoms with Crippen molar-refractivity contribution < 1.29 is 4.79 Å². The van der Waals surface area contributed by atoms with Crippen LogP contribution >= 0.6 is 0 Å². The van der Waals surface area contributed by atoms with Crippen LogP contribution in [0.2, 0.25) is 0 Å². The normalized spacial score (nSPS) is 11.5. The van der Waals surface area contributed by atoms with Crippen molar-refractivity contribution in [3.63, 3.8) is 0 Å². The van der Waals surface area contributed by atoms with Crippen LogP contribution in [0.25, 0.3) is 0 Å². The second-order valence-electron chi connectivity index (χ2n) is 5.27. The van der Waals surface area contributed by atoms with Gasteiger partial charge in [-0.3, -0.25) is 9.79 Å². The van der Waals surface area contributed by atoms with E-state index in [1.165, 1.54) is 37.2 Å². The molecular weight excluding hydrogens is 288 g/mol. The fourth-order valence-corrected chi connectivity index (χ4v) is 1.98. The SMILES string of the molecule is C=C(NC(=O)C(C)=N/C=C\N)Nc1ccc(CCCCC)cc1. The summed E-state index contributed by atoms with van der Waals surface area (Å²) in [7, 11) is 0. The highest BCUT2D eigenvalue weighted by atomic mass is 16.2. The molecule has 1 rings (SSSR count). The molecule has 0 aliphatic heterocycles. The van der Waals surface area contributed by atoms with Crippen molar-refractivity contribution in [1.29, 1.82) is 0 Å². The largest absolute Gasteiger partial charge is 0.403 e. The van der Waals surface area contributed by atoms with E-state index in [0.29, 0.717) is 11.5 Å². The third-order valence-electron chi connectivity index (χ3n) is 3.27. The second-order valence-corrected chi connectivity index (χ2v) is 5.27. The number of carbonyl (C=O) groups is 1. The second kappa shape index (κ2) is 10.2. The van der Waals surface area contributed by atoms with E-state index >= 15 is 0 Å². The molecule has 5 heteroatoms. The number of nitrogens with zero attached hydrogens (tertiary/aromatic N) is 1. The van der Waals surface area contributed by atoms with E-state index < -0.39 is 0 Å². The Hall–Kier alpha value is -2.56. The third kappa shape index (κ3) is 7.31. The van der Waals surface area contributed by atoms with Gasteiger partial charge in [0.2, 0.25) is 0 Å². The van der Waals surface area contributed by atoms with Crippen LogP contribution in [-0.2, 0) is 11.2 Å². The van der Waals surface area contributed by atoms with Gasteiger partial charge in [-0.2, -0.15) is 0 Å². The number of nitrogens with two attached hydrogens (primary N) is 1. The lowest BCUT2D eigenvalue weighted by Crippen LogP contribution is -2.31. The molecule has 124 valence electrons. The Balaban J connectivity index is 2.49. The average Bonchev–Trinajstić information content (AvgIpc) is 2.54. The molecule has 0 saturated carbocycles. The molecule has 0 aliphatic carbocycles. The van der Waals surface area contributed by atoms with Gasteiger partial charge in [0.25, 0.3) is 5.91 Å².